The number of aryl methyl sites for hydroxylation is 1. The van der Waals surface area contributed by atoms with Crippen LogP contribution in [0, 0.1) is 6.92 Å². The molecular formula is C19H12N4. The van der Waals surface area contributed by atoms with E-state index in [1.165, 1.54) is 0 Å². The zero-order valence-electron chi connectivity index (χ0n) is 12.5. The van der Waals surface area contributed by atoms with Crippen LogP contribution in [0.25, 0.3) is 44.2 Å². The molecule has 23 heavy (non-hydrogen) atoms. The molecule has 0 fully saturated rings. The first-order valence-electron chi connectivity index (χ1n) is 7.52. The molecule has 4 nitrogen and oxygen atoms in total. The normalized spacial score (nSPS) is 11.7. The number of hydrogen-bond acceptors (Lipinski definition) is 4. The van der Waals surface area contributed by atoms with E-state index in [0.29, 0.717) is 0 Å². The van der Waals surface area contributed by atoms with Crippen molar-refractivity contribution >= 4 is 32.8 Å². The summed E-state index contributed by atoms with van der Waals surface area (Å²) in [6, 6.07) is 18.1. The van der Waals surface area contributed by atoms with Gasteiger partial charge >= 0.3 is 0 Å². The first-order chi connectivity index (χ1) is 11.3. The quantitative estimate of drug-likeness (QED) is 0.436. The Bertz CT molecular complexity index is 1100. The minimum absolute atomic E-state index is 0.744. The number of hydrogen-bond donors (Lipinski definition) is 0. The monoisotopic (exact) mass is 296 g/mol. The topological polar surface area (TPSA) is 51.6 Å². The second-order valence-electron chi connectivity index (χ2n) is 5.64. The van der Waals surface area contributed by atoms with Crippen molar-refractivity contribution in [3.63, 3.8) is 0 Å². The van der Waals surface area contributed by atoms with Crippen molar-refractivity contribution in [2.24, 2.45) is 0 Å². The summed E-state index contributed by atoms with van der Waals surface area (Å²) in [5.74, 6) is 1.52. The Labute approximate surface area is 132 Å². The largest absolute Gasteiger partial charge is 0.233 e. The number of aromatic nitrogens is 4. The molecule has 2 heterocycles. The van der Waals surface area contributed by atoms with Gasteiger partial charge in [0, 0.05) is 16.3 Å². The van der Waals surface area contributed by atoms with Gasteiger partial charge in [-0.3, -0.25) is 0 Å². The molecule has 0 spiro atoms. The standard InChI is InChI=1S/C19H12N4/c1-11-20-13-7-9-15-18-16(10-8-14(21-11)17(13)18)23-19(22-15)12-5-3-2-4-6-12/h2-10H,1H3. The third kappa shape index (κ3) is 1.78. The van der Waals surface area contributed by atoms with Crippen LogP contribution in [0.1, 0.15) is 5.82 Å². The Hall–Kier alpha value is -3.14. The molecule has 5 aromatic rings. The lowest BCUT2D eigenvalue weighted by Gasteiger charge is -2.10. The first kappa shape index (κ1) is 12.4. The van der Waals surface area contributed by atoms with Gasteiger partial charge in [0.05, 0.1) is 22.1 Å². The summed E-state index contributed by atoms with van der Waals surface area (Å²) in [6.45, 7) is 1.92. The molecule has 0 atom stereocenters. The van der Waals surface area contributed by atoms with E-state index >= 15 is 0 Å². The van der Waals surface area contributed by atoms with E-state index in [4.69, 9.17) is 9.97 Å². The fourth-order valence-corrected chi connectivity index (χ4v) is 3.14. The van der Waals surface area contributed by atoms with Crippen LogP contribution in [0.3, 0.4) is 0 Å². The summed E-state index contributed by atoms with van der Waals surface area (Å²) in [4.78, 5) is 18.6. The highest BCUT2D eigenvalue weighted by Gasteiger charge is 2.14. The van der Waals surface area contributed by atoms with Crippen LogP contribution >= 0.6 is 0 Å². The summed E-state index contributed by atoms with van der Waals surface area (Å²) in [5, 5.41) is 2.09. The maximum absolute atomic E-state index is 4.75. The average molecular weight is 296 g/mol. The van der Waals surface area contributed by atoms with Crippen molar-refractivity contribution < 1.29 is 0 Å². The van der Waals surface area contributed by atoms with Crippen LogP contribution in [0.15, 0.2) is 54.6 Å². The van der Waals surface area contributed by atoms with Crippen LogP contribution in [0.4, 0.5) is 0 Å². The van der Waals surface area contributed by atoms with Gasteiger partial charge in [-0.15, -0.1) is 0 Å². The lowest BCUT2D eigenvalue weighted by atomic mass is 10.0. The van der Waals surface area contributed by atoms with Gasteiger partial charge in [-0.05, 0) is 31.2 Å². The summed E-state index contributed by atoms with van der Waals surface area (Å²) in [7, 11) is 0. The van der Waals surface area contributed by atoms with Crippen molar-refractivity contribution in [1.82, 2.24) is 19.9 Å². The molecule has 0 N–H and O–H groups in total. The highest BCUT2D eigenvalue weighted by atomic mass is 14.9. The fraction of sp³-hybridized carbons (Fsp3) is 0.0526. The van der Waals surface area contributed by atoms with Gasteiger partial charge in [-0.1, -0.05) is 30.3 Å². The van der Waals surface area contributed by atoms with Crippen molar-refractivity contribution in [3.05, 3.63) is 60.4 Å². The van der Waals surface area contributed by atoms with Crippen molar-refractivity contribution in [2.45, 2.75) is 6.92 Å². The molecule has 0 bridgehead atoms. The molecule has 2 aromatic heterocycles. The molecule has 108 valence electrons. The second-order valence-corrected chi connectivity index (χ2v) is 5.64. The van der Waals surface area contributed by atoms with E-state index in [1.54, 1.807) is 0 Å². The predicted octanol–water partition coefficient (Wildman–Crippen LogP) is 4.14. The molecule has 4 heteroatoms. The van der Waals surface area contributed by atoms with Crippen LogP contribution in [-0.4, -0.2) is 19.9 Å². The first-order valence-corrected chi connectivity index (χ1v) is 7.52. The Kier molecular flexibility index (Phi) is 2.39. The molecule has 0 saturated carbocycles. The van der Waals surface area contributed by atoms with E-state index in [0.717, 1.165) is 50.1 Å². The molecule has 0 saturated heterocycles. The summed E-state index contributed by atoms with van der Waals surface area (Å²) < 4.78 is 0. The zero-order chi connectivity index (χ0) is 15.4. The highest BCUT2D eigenvalue weighted by molar-refractivity contribution is 6.19. The van der Waals surface area contributed by atoms with Gasteiger partial charge in [-0.25, -0.2) is 19.9 Å². The smallest absolute Gasteiger partial charge is 0.160 e. The fourth-order valence-electron chi connectivity index (χ4n) is 3.14. The van der Waals surface area contributed by atoms with E-state index in [9.17, 15) is 0 Å². The maximum Gasteiger partial charge on any atom is 0.160 e. The van der Waals surface area contributed by atoms with Crippen LogP contribution in [0.5, 0.6) is 0 Å². The molecule has 0 aliphatic carbocycles. The highest BCUT2D eigenvalue weighted by Crippen LogP contribution is 2.32. The summed E-state index contributed by atoms with van der Waals surface area (Å²) in [5.41, 5.74) is 4.77. The van der Waals surface area contributed by atoms with Crippen molar-refractivity contribution in [1.29, 1.82) is 0 Å². The number of nitrogens with zero attached hydrogens (tertiary/aromatic N) is 4. The van der Waals surface area contributed by atoms with E-state index in [1.807, 2.05) is 61.5 Å². The van der Waals surface area contributed by atoms with Crippen molar-refractivity contribution in [2.75, 3.05) is 0 Å². The molecule has 0 aliphatic rings. The zero-order valence-corrected chi connectivity index (χ0v) is 12.5. The van der Waals surface area contributed by atoms with Crippen molar-refractivity contribution in [3.8, 4) is 11.4 Å². The van der Waals surface area contributed by atoms with Gasteiger partial charge in [0.25, 0.3) is 0 Å². The van der Waals surface area contributed by atoms with Gasteiger partial charge in [0.2, 0.25) is 0 Å². The van der Waals surface area contributed by atoms with Crippen LogP contribution < -0.4 is 0 Å². The van der Waals surface area contributed by atoms with E-state index in [2.05, 4.69) is 9.97 Å². The molecular weight excluding hydrogens is 284 g/mol. The number of rotatable bonds is 1. The Morgan fingerprint density at radius 2 is 1.04 bits per heavy atom. The third-order valence-corrected chi connectivity index (χ3v) is 4.12. The molecule has 3 aromatic carbocycles. The Morgan fingerprint density at radius 1 is 0.565 bits per heavy atom. The summed E-state index contributed by atoms with van der Waals surface area (Å²) in [6.07, 6.45) is 0. The van der Waals surface area contributed by atoms with Gasteiger partial charge < -0.3 is 0 Å². The lowest BCUT2D eigenvalue weighted by Crippen LogP contribution is -1.97. The molecule has 0 radical (unpaired) electrons. The number of benzene rings is 3. The lowest BCUT2D eigenvalue weighted by molar-refractivity contribution is 1.12. The van der Waals surface area contributed by atoms with Crippen LogP contribution in [-0.2, 0) is 0 Å². The van der Waals surface area contributed by atoms with Gasteiger partial charge in [0.15, 0.2) is 5.82 Å². The van der Waals surface area contributed by atoms with Crippen LogP contribution in [0.2, 0.25) is 0 Å². The van der Waals surface area contributed by atoms with Gasteiger partial charge in [-0.2, -0.15) is 0 Å². The Morgan fingerprint density at radius 3 is 1.57 bits per heavy atom. The summed E-state index contributed by atoms with van der Waals surface area (Å²) >= 11 is 0. The van der Waals surface area contributed by atoms with Gasteiger partial charge in [0.1, 0.15) is 5.82 Å². The minimum atomic E-state index is 0.744. The molecule has 0 amide bonds. The second kappa shape index (κ2) is 4.43. The van der Waals surface area contributed by atoms with E-state index < -0.39 is 0 Å². The maximum atomic E-state index is 4.75. The SMILES string of the molecule is Cc1nc2ccc3nc(-c4ccccc4)nc4ccc(n1)c2c34. The molecule has 5 rings (SSSR count). The van der Waals surface area contributed by atoms with E-state index in [-0.39, 0.29) is 0 Å². The predicted molar refractivity (Wildman–Crippen MR) is 91.5 cm³/mol. The molecule has 0 unspecified atom stereocenters. The minimum Gasteiger partial charge on any atom is -0.233 e. The Balaban J connectivity index is 1.93. The third-order valence-electron chi connectivity index (χ3n) is 4.12. The average Bonchev–Trinajstić information content (AvgIpc) is 2.59. The molecule has 0 aliphatic heterocycles.